The zero-order valence-electron chi connectivity index (χ0n) is 7.63. The lowest BCUT2D eigenvalue weighted by Crippen LogP contribution is -2.10. The van der Waals surface area contributed by atoms with E-state index in [0.717, 1.165) is 15.8 Å². The molecule has 0 unspecified atom stereocenters. The van der Waals surface area contributed by atoms with E-state index in [1.165, 1.54) is 0 Å². The van der Waals surface area contributed by atoms with Gasteiger partial charge in [0.15, 0.2) is 0 Å². The first-order chi connectivity index (χ1) is 6.27. The number of methoxy groups -OCH3 is 1. The van der Waals surface area contributed by atoms with Crippen LogP contribution in [0.25, 0.3) is 0 Å². The van der Waals surface area contributed by atoms with Gasteiger partial charge in [-0.3, -0.25) is 0 Å². The summed E-state index contributed by atoms with van der Waals surface area (Å²) >= 11 is 3.41. The van der Waals surface area contributed by atoms with Crippen LogP contribution >= 0.6 is 15.9 Å². The second-order valence-electron chi connectivity index (χ2n) is 2.49. The highest BCUT2D eigenvalue weighted by Crippen LogP contribution is 2.25. The van der Waals surface area contributed by atoms with E-state index in [2.05, 4.69) is 21.4 Å². The summed E-state index contributed by atoms with van der Waals surface area (Å²) in [5, 5.41) is 0. The van der Waals surface area contributed by atoms with Gasteiger partial charge in [0.05, 0.1) is 18.7 Å². The molecule has 0 aliphatic carbocycles. The van der Waals surface area contributed by atoms with Crippen molar-refractivity contribution >= 4 is 15.9 Å². The van der Waals surface area contributed by atoms with Crippen LogP contribution < -0.4 is 10.2 Å². The van der Waals surface area contributed by atoms with Crippen LogP contribution in [0.15, 0.2) is 22.7 Å². The van der Waals surface area contributed by atoms with Crippen molar-refractivity contribution in [3.05, 3.63) is 28.2 Å². The molecule has 0 spiro atoms. The molecule has 0 bridgehead atoms. The van der Waals surface area contributed by atoms with E-state index >= 15 is 0 Å². The first-order valence-corrected chi connectivity index (χ1v) is 4.65. The van der Waals surface area contributed by atoms with E-state index in [1.54, 1.807) is 14.2 Å². The van der Waals surface area contributed by atoms with Gasteiger partial charge in [-0.2, -0.15) is 5.48 Å². The van der Waals surface area contributed by atoms with Gasteiger partial charge in [-0.25, -0.2) is 0 Å². The number of hydrogen-bond acceptors (Lipinski definition) is 3. The molecule has 0 heterocycles. The lowest BCUT2D eigenvalue weighted by molar-refractivity contribution is 0.0867. The Labute approximate surface area is 86.1 Å². The summed E-state index contributed by atoms with van der Waals surface area (Å²) in [4.78, 5) is 4.75. The minimum absolute atomic E-state index is 0.680. The number of rotatable bonds is 4. The normalized spacial score (nSPS) is 10.1. The third kappa shape index (κ3) is 2.99. The van der Waals surface area contributed by atoms with E-state index in [0.29, 0.717) is 6.54 Å². The fourth-order valence-corrected chi connectivity index (χ4v) is 1.56. The molecule has 1 aromatic carbocycles. The number of ether oxygens (including phenoxy) is 1. The Morgan fingerprint density at radius 1 is 1.38 bits per heavy atom. The van der Waals surface area contributed by atoms with Crippen molar-refractivity contribution in [2.24, 2.45) is 0 Å². The van der Waals surface area contributed by atoms with E-state index in [1.807, 2.05) is 18.2 Å². The predicted molar refractivity (Wildman–Crippen MR) is 54.5 cm³/mol. The molecule has 0 amide bonds. The Bertz CT molecular complexity index is 278. The molecule has 72 valence electrons. The molecule has 0 radical (unpaired) electrons. The van der Waals surface area contributed by atoms with Crippen molar-refractivity contribution in [3.8, 4) is 5.75 Å². The van der Waals surface area contributed by atoms with E-state index in [9.17, 15) is 0 Å². The van der Waals surface area contributed by atoms with Crippen molar-refractivity contribution in [1.29, 1.82) is 0 Å². The summed E-state index contributed by atoms with van der Waals surface area (Å²) in [7, 11) is 3.24. The minimum Gasteiger partial charge on any atom is -0.496 e. The summed E-state index contributed by atoms with van der Waals surface area (Å²) in [5.41, 5.74) is 3.90. The Balaban J connectivity index is 2.71. The summed E-state index contributed by atoms with van der Waals surface area (Å²) in [6, 6.07) is 5.89. The molecule has 0 aromatic heterocycles. The van der Waals surface area contributed by atoms with E-state index in [4.69, 9.17) is 9.57 Å². The average Bonchev–Trinajstić information content (AvgIpc) is 2.15. The second-order valence-corrected chi connectivity index (χ2v) is 3.35. The largest absolute Gasteiger partial charge is 0.496 e. The number of benzene rings is 1. The van der Waals surface area contributed by atoms with Crippen LogP contribution in [0.5, 0.6) is 5.75 Å². The van der Waals surface area contributed by atoms with Gasteiger partial charge in [0, 0.05) is 6.54 Å². The van der Waals surface area contributed by atoms with E-state index in [-0.39, 0.29) is 0 Å². The Morgan fingerprint density at radius 3 is 2.69 bits per heavy atom. The molecule has 4 heteroatoms. The monoisotopic (exact) mass is 245 g/mol. The molecule has 1 aromatic rings. The molecule has 1 rings (SSSR count). The summed E-state index contributed by atoms with van der Waals surface area (Å²) in [6.45, 7) is 0.680. The molecule has 0 fully saturated rings. The van der Waals surface area contributed by atoms with Crippen LogP contribution in [-0.2, 0) is 11.4 Å². The molecule has 13 heavy (non-hydrogen) atoms. The van der Waals surface area contributed by atoms with Crippen LogP contribution in [0.1, 0.15) is 5.56 Å². The molecular formula is C9H12BrNO2. The maximum Gasteiger partial charge on any atom is 0.133 e. The molecular weight excluding hydrogens is 234 g/mol. The zero-order chi connectivity index (χ0) is 9.68. The second kappa shape index (κ2) is 5.21. The predicted octanol–water partition coefficient (Wildman–Crippen LogP) is 2.11. The highest BCUT2D eigenvalue weighted by molar-refractivity contribution is 9.10. The molecule has 0 saturated carbocycles. The van der Waals surface area contributed by atoms with E-state index < -0.39 is 0 Å². The highest BCUT2D eigenvalue weighted by Gasteiger charge is 2.00. The number of nitrogens with one attached hydrogen (secondary N) is 1. The molecule has 0 aliphatic heterocycles. The third-order valence-corrected chi connectivity index (χ3v) is 2.26. The van der Waals surface area contributed by atoms with Crippen LogP contribution in [0.3, 0.4) is 0 Å². The lowest BCUT2D eigenvalue weighted by atomic mass is 10.2. The quantitative estimate of drug-likeness (QED) is 0.825. The first kappa shape index (κ1) is 10.5. The fourth-order valence-electron chi connectivity index (χ4n) is 0.975. The van der Waals surface area contributed by atoms with Crippen molar-refractivity contribution in [1.82, 2.24) is 5.48 Å². The maximum atomic E-state index is 5.11. The van der Waals surface area contributed by atoms with Gasteiger partial charge in [0.25, 0.3) is 0 Å². The first-order valence-electron chi connectivity index (χ1n) is 3.86. The van der Waals surface area contributed by atoms with Crippen LogP contribution in [0, 0.1) is 0 Å². The van der Waals surface area contributed by atoms with Gasteiger partial charge < -0.3 is 9.57 Å². The standard InChI is InChI=1S/C9H12BrNO2/c1-12-9-4-3-7(5-8(9)10)6-11-13-2/h3-5,11H,6H2,1-2H3. The van der Waals surface area contributed by atoms with Crippen molar-refractivity contribution in [3.63, 3.8) is 0 Å². The molecule has 0 atom stereocenters. The molecule has 1 N–H and O–H groups in total. The zero-order valence-corrected chi connectivity index (χ0v) is 9.22. The number of halogens is 1. The van der Waals surface area contributed by atoms with Gasteiger partial charge in [-0.05, 0) is 33.6 Å². The van der Waals surface area contributed by atoms with Gasteiger partial charge in [-0.1, -0.05) is 6.07 Å². The minimum atomic E-state index is 0.680. The SMILES string of the molecule is CONCc1ccc(OC)c(Br)c1. The topological polar surface area (TPSA) is 30.5 Å². The fraction of sp³-hybridized carbons (Fsp3) is 0.333. The van der Waals surface area contributed by atoms with Gasteiger partial charge in [-0.15, -0.1) is 0 Å². The summed E-state index contributed by atoms with van der Waals surface area (Å²) in [6.07, 6.45) is 0. The molecule has 0 aliphatic rings. The van der Waals surface area contributed by atoms with Gasteiger partial charge in [0.2, 0.25) is 0 Å². The lowest BCUT2D eigenvalue weighted by Gasteiger charge is -2.06. The Kier molecular flexibility index (Phi) is 4.21. The number of hydroxylamine groups is 1. The smallest absolute Gasteiger partial charge is 0.133 e. The summed E-state index contributed by atoms with van der Waals surface area (Å²) in [5.74, 6) is 0.834. The van der Waals surface area contributed by atoms with Gasteiger partial charge in [0.1, 0.15) is 5.75 Å². The van der Waals surface area contributed by atoms with Crippen molar-refractivity contribution < 1.29 is 9.57 Å². The van der Waals surface area contributed by atoms with Crippen LogP contribution in [0.2, 0.25) is 0 Å². The van der Waals surface area contributed by atoms with Crippen molar-refractivity contribution in [2.45, 2.75) is 6.54 Å². The molecule has 3 nitrogen and oxygen atoms in total. The highest BCUT2D eigenvalue weighted by atomic mass is 79.9. The van der Waals surface area contributed by atoms with Crippen LogP contribution in [0.4, 0.5) is 0 Å². The van der Waals surface area contributed by atoms with Crippen molar-refractivity contribution in [2.75, 3.05) is 14.2 Å². The number of hydrogen-bond donors (Lipinski definition) is 1. The third-order valence-electron chi connectivity index (χ3n) is 1.64. The van der Waals surface area contributed by atoms with Gasteiger partial charge >= 0.3 is 0 Å². The summed E-state index contributed by atoms with van der Waals surface area (Å²) < 4.78 is 6.06. The molecule has 0 saturated heterocycles. The van der Waals surface area contributed by atoms with Crippen LogP contribution in [-0.4, -0.2) is 14.2 Å². The Hall–Kier alpha value is -0.580. The maximum absolute atomic E-state index is 5.11. The average molecular weight is 246 g/mol. The Morgan fingerprint density at radius 2 is 2.15 bits per heavy atom.